The number of hydrogen-bond acceptors (Lipinski definition) is 2. The van der Waals surface area contributed by atoms with Crippen molar-refractivity contribution in [3.05, 3.63) is 0 Å². The van der Waals surface area contributed by atoms with Crippen LogP contribution in [0.15, 0.2) is 0 Å². The summed E-state index contributed by atoms with van der Waals surface area (Å²) in [5.41, 5.74) is 0. The Balaban J connectivity index is 3.42. The molecule has 0 aromatic heterocycles. The molecule has 0 saturated carbocycles. The van der Waals surface area contributed by atoms with Crippen LogP contribution in [0.1, 0.15) is 13.3 Å². The van der Waals surface area contributed by atoms with Crippen LogP contribution in [0.5, 0.6) is 0 Å². The lowest BCUT2D eigenvalue weighted by atomic mass is 10.5. The van der Waals surface area contributed by atoms with Crippen LogP contribution in [0.25, 0.3) is 0 Å². The molecule has 0 saturated heterocycles. The van der Waals surface area contributed by atoms with Crippen LogP contribution < -0.4 is 0 Å². The van der Waals surface area contributed by atoms with Gasteiger partial charge in [0.25, 0.3) is 0 Å². The molecule has 0 amide bonds. The summed E-state index contributed by atoms with van der Waals surface area (Å²) in [5.74, 6) is 0. The average Bonchev–Trinajstić information content (AvgIpc) is 1.84. The summed E-state index contributed by atoms with van der Waals surface area (Å²) in [5, 5.41) is 8.56. The first-order valence-corrected chi connectivity index (χ1v) is 6.99. The second-order valence-corrected chi connectivity index (χ2v) is 7.33. The van der Waals surface area contributed by atoms with E-state index in [1.807, 2.05) is 6.92 Å². The van der Waals surface area contributed by atoms with Crippen LogP contribution in [0.4, 0.5) is 0 Å². The molecule has 0 spiro atoms. The summed E-state index contributed by atoms with van der Waals surface area (Å²) in [6.45, 7) is 7.50. The van der Waals surface area contributed by atoms with Gasteiger partial charge in [0.1, 0.15) is 0 Å². The standard InChI is InChI=1S/C7H18O2Si/c1-4-9-10(2,3)7-5-6-8/h8H,4-7H2,1-3H3. The normalized spacial score (nSPS) is 12.0. The summed E-state index contributed by atoms with van der Waals surface area (Å²) in [7, 11) is -1.38. The zero-order valence-electron chi connectivity index (χ0n) is 7.18. The van der Waals surface area contributed by atoms with E-state index in [-0.39, 0.29) is 0 Å². The van der Waals surface area contributed by atoms with Gasteiger partial charge in [0.05, 0.1) is 0 Å². The van der Waals surface area contributed by atoms with Crippen molar-refractivity contribution in [2.45, 2.75) is 32.5 Å². The summed E-state index contributed by atoms with van der Waals surface area (Å²) in [6.07, 6.45) is 0.888. The molecular formula is C7H18O2Si. The van der Waals surface area contributed by atoms with E-state index >= 15 is 0 Å². The Morgan fingerprint density at radius 3 is 2.40 bits per heavy atom. The van der Waals surface area contributed by atoms with E-state index in [1.165, 1.54) is 0 Å². The predicted molar refractivity (Wildman–Crippen MR) is 45.6 cm³/mol. The molecule has 0 radical (unpaired) electrons. The minimum absolute atomic E-state index is 0.295. The lowest BCUT2D eigenvalue weighted by Crippen LogP contribution is -2.30. The molecule has 3 heteroatoms. The molecule has 0 bridgehead atoms. The van der Waals surface area contributed by atoms with Gasteiger partial charge in [0.15, 0.2) is 8.32 Å². The van der Waals surface area contributed by atoms with Crippen LogP contribution in [0.2, 0.25) is 19.1 Å². The second kappa shape index (κ2) is 4.88. The van der Waals surface area contributed by atoms with Gasteiger partial charge >= 0.3 is 0 Å². The number of rotatable bonds is 5. The van der Waals surface area contributed by atoms with E-state index in [2.05, 4.69) is 13.1 Å². The van der Waals surface area contributed by atoms with E-state index < -0.39 is 8.32 Å². The first-order valence-electron chi connectivity index (χ1n) is 3.87. The van der Waals surface area contributed by atoms with Gasteiger partial charge in [-0.3, -0.25) is 0 Å². The molecule has 0 aliphatic rings. The molecule has 0 aliphatic heterocycles. The Morgan fingerprint density at radius 2 is 2.00 bits per heavy atom. The van der Waals surface area contributed by atoms with Crippen LogP contribution in [0, 0.1) is 0 Å². The molecule has 62 valence electrons. The lowest BCUT2D eigenvalue weighted by Gasteiger charge is -2.20. The van der Waals surface area contributed by atoms with Gasteiger partial charge in [-0.05, 0) is 32.5 Å². The van der Waals surface area contributed by atoms with Crippen LogP contribution in [0.3, 0.4) is 0 Å². The Hall–Kier alpha value is 0.137. The predicted octanol–water partition coefficient (Wildman–Crippen LogP) is 1.61. The maximum absolute atomic E-state index is 8.56. The third-order valence-corrected chi connectivity index (χ3v) is 4.10. The molecule has 2 nitrogen and oxygen atoms in total. The minimum Gasteiger partial charge on any atom is -0.418 e. The van der Waals surface area contributed by atoms with Crippen molar-refractivity contribution >= 4 is 8.32 Å². The number of aliphatic hydroxyl groups excluding tert-OH is 1. The van der Waals surface area contributed by atoms with Crippen molar-refractivity contribution in [3.8, 4) is 0 Å². The number of aliphatic hydroxyl groups is 1. The molecule has 1 N–H and O–H groups in total. The van der Waals surface area contributed by atoms with Crippen molar-refractivity contribution in [2.24, 2.45) is 0 Å². The zero-order valence-corrected chi connectivity index (χ0v) is 8.18. The molecule has 0 aromatic carbocycles. The van der Waals surface area contributed by atoms with Crippen LogP contribution in [-0.4, -0.2) is 26.6 Å². The van der Waals surface area contributed by atoms with Gasteiger partial charge in [0, 0.05) is 13.2 Å². The van der Waals surface area contributed by atoms with Gasteiger partial charge < -0.3 is 9.53 Å². The quantitative estimate of drug-likeness (QED) is 0.622. The molecular weight excluding hydrogens is 144 g/mol. The lowest BCUT2D eigenvalue weighted by molar-refractivity contribution is 0.284. The Labute approximate surface area is 64.3 Å². The van der Waals surface area contributed by atoms with E-state index in [9.17, 15) is 0 Å². The highest BCUT2D eigenvalue weighted by atomic mass is 28.4. The molecule has 0 heterocycles. The largest absolute Gasteiger partial charge is 0.418 e. The van der Waals surface area contributed by atoms with Crippen LogP contribution in [-0.2, 0) is 4.43 Å². The third kappa shape index (κ3) is 4.96. The van der Waals surface area contributed by atoms with Crippen molar-refractivity contribution < 1.29 is 9.53 Å². The summed E-state index contributed by atoms with van der Waals surface area (Å²) in [6, 6.07) is 1.07. The fourth-order valence-electron chi connectivity index (χ4n) is 0.968. The Bertz CT molecular complexity index is 83.7. The molecule has 0 aliphatic carbocycles. The molecule has 0 rings (SSSR count). The van der Waals surface area contributed by atoms with Gasteiger partial charge in [-0.2, -0.15) is 0 Å². The summed E-state index contributed by atoms with van der Waals surface area (Å²) in [4.78, 5) is 0. The van der Waals surface area contributed by atoms with E-state index in [0.29, 0.717) is 6.61 Å². The fraction of sp³-hybridized carbons (Fsp3) is 1.00. The molecule has 0 aromatic rings. The van der Waals surface area contributed by atoms with E-state index in [0.717, 1.165) is 19.1 Å². The van der Waals surface area contributed by atoms with Gasteiger partial charge in [-0.15, -0.1) is 0 Å². The molecule has 0 unspecified atom stereocenters. The van der Waals surface area contributed by atoms with Crippen molar-refractivity contribution in [1.29, 1.82) is 0 Å². The highest BCUT2D eigenvalue weighted by molar-refractivity contribution is 6.71. The minimum atomic E-state index is -1.38. The average molecular weight is 162 g/mol. The van der Waals surface area contributed by atoms with E-state index in [1.54, 1.807) is 0 Å². The Morgan fingerprint density at radius 1 is 1.40 bits per heavy atom. The number of hydrogen-bond donors (Lipinski definition) is 1. The van der Waals surface area contributed by atoms with Gasteiger partial charge in [-0.25, -0.2) is 0 Å². The highest BCUT2D eigenvalue weighted by Gasteiger charge is 2.20. The van der Waals surface area contributed by atoms with Crippen molar-refractivity contribution in [1.82, 2.24) is 0 Å². The topological polar surface area (TPSA) is 29.5 Å². The highest BCUT2D eigenvalue weighted by Crippen LogP contribution is 2.12. The first-order chi connectivity index (χ1) is 4.62. The molecule has 0 fully saturated rings. The molecule has 0 atom stereocenters. The second-order valence-electron chi connectivity index (χ2n) is 3.02. The van der Waals surface area contributed by atoms with Crippen molar-refractivity contribution in [3.63, 3.8) is 0 Å². The van der Waals surface area contributed by atoms with Crippen molar-refractivity contribution in [2.75, 3.05) is 13.2 Å². The van der Waals surface area contributed by atoms with Gasteiger partial charge in [0.2, 0.25) is 0 Å². The Kier molecular flexibility index (Phi) is 4.94. The third-order valence-electron chi connectivity index (χ3n) is 1.47. The monoisotopic (exact) mass is 162 g/mol. The van der Waals surface area contributed by atoms with Gasteiger partial charge in [-0.1, -0.05) is 0 Å². The molecule has 10 heavy (non-hydrogen) atoms. The maximum Gasteiger partial charge on any atom is 0.186 e. The summed E-state index contributed by atoms with van der Waals surface area (Å²) < 4.78 is 5.56. The summed E-state index contributed by atoms with van der Waals surface area (Å²) >= 11 is 0. The van der Waals surface area contributed by atoms with E-state index in [4.69, 9.17) is 9.53 Å². The maximum atomic E-state index is 8.56. The smallest absolute Gasteiger partial charge is 0.186 e. The SMILES string of the molecule is CCO[Si](C)(C)CCCO. The zero-order chi connectivity index (χ0) is 8.04. The first kappa shape index (κ1) is 10.1. The fourth-order valence-corrected chi connectivity index (χ4v) is 2.90. The van der Waals surface area contributed by atoms with Crippen LogP contribution >= 0.6 is 0 Å².